The molecule has 11 heavy (non-hydrogen) atoms. The van der Waals surface area contributed by atoms with Crippen LogP contribution in [0.2, 0.25) is 0 Å². The highest BCUT2D eigenvalue weighted by Gasteiger charge is 2.48. The van der Waals surface area contributed by atoms with Gasteiger partial charge in [-0.3, -0.25) is 0 Å². The normalized spacial score (nSPS) is 60.3. The van der Waals surface area contributed by atoms with Crippen molar-refractivity contribution >= 4 is 0 Å². The first kappa shape index (κ1) is 6.47. The summed E-state index contributed by atoms with van der Waals surface area (Å²) in [6, 6.07) is 0. The first-order chi connectivity index (χ1) is 5.23. The molecule has 4 saturated carbocycles. The fourth-order valence-electron chi connectivity index (χ4n) is 4.18. The molecule has 0 aromatic rings. The number of nitrogens with two attached hydrogens (primary N) is 1. The van der Waals surface area contributed by atoms with Crippen molar-refractivity contribution in [2.24, 2.45) is 23.5 Å². The number of rotatable bonds is 0. The van der Waals surface area contributed by atoms with Crippen LogP contribution in [-0.2, 0) is 0 Å². The molecule has 0 atom stereocenters. The van der Waals surface area contributed by atoms with Crippen LogP contribution < -0.4 is 5.73 Å². The summed E-state index contributed by atoms with van der Waals surface area (Å²) in [5.74, 6) is 3.06. The van der Waals surface area contributed by atoms with Gasteiger partial charge in [-0.1, -0.05) is 0 Å². The van der Waals surface area contributed by atoms with E-state index in [1.165, 1.54) is 38.5 Å². The first-order valence-corrected chi connectivity index (χ1v) is 5.02. The molecule has 4 rings (SSSR count). The smallest absolute Gasteiger partial charge is 0.0162 e. The zero-order valence-electron chi connectivity index (χ0n) is 7.05. The van der Waals surface area contributed by atoms with Crippen molar-refractivity contribution in [2.75, 3.05) is 0 Å². The second-order valence-corrected chi connectivity index (χ2v) is 5.28. The Morgan fingerprint density at radius 3 is 1.45 bits per heavy atom. The molecule has 62 valence electrons. The minimum Gasteiger partial charge on any atom is -0.325 e. The van der Waals surface area contributed by atoms with Gasteiger partial charge in [0.05, 0.1) is 0 Å². The first-order valence-electron chi connectivity index (χ1n) is 5.02. The largest absolute Gasteiger partial charge is 0.325 e. The molecule has 0 amide bonds. The van der Waals surface area contributed by atoms with Crippen molar-refractivity contribution in [3.63, 3.8) is 0 Å². The topological polar surface area (TPSA) is 26.0 Å². The molecule has 0 spiro atoms. The van der Waals surface area contributed by atoms with Gasteiger partial charge >= 0.3 is 0 Å². The summed E-state index contributed by atoms with van der Waals surface area (Å²) in [7, 11) is 0. The summed E-state index contributed by atoms with van der Waals surface area (Å²) in [5, 5.41) is 0. The molecule has 0 unspecified atom stereocenters. The van der Waals surface area contributed by atoms with Crippen LogP contribution in [0.3, 0.4) is 0 Å². The predicted molar refractivity (Wildman–Crippen MR) is 45.1 cm³/mol. The molecule has 2 N–H and O–H groups in total. The Morgan fingerprint density at radius 2 is 1.18 bits per heavy atom. The van der Waals surface area contributed by atoms with Crippen LogP contribution in [0.15, 0.2) is 0 Å². The molecule has 0 saturated heterocycles. The van der Waals surface area contributed by atoms with E-state index in [-0.39, 0.29) is 0 Å². The third-order valence-electron chi connectivity index (χ3n) is 4.09. The summed E-state index contributed by atoms with van der Waals surface area (Å²) in [5.41, 5.74) is 6.62. The quantitative estimate of drug-likeness (QED) is 0.562. The molecule has 4 bridgehead atoms. The van der Waals surface area contributed by atoms with E-state index in [4.69, 9.17) is 5.73 Å². The summed E-state index contributed by atoms with van der Waals surface area (Å²) >= 11 is 0. The summed E-state index contributed by atoms with van der Waals surface area (Å²) in [4.78, 5) is 0. The van der Waals surface area contributed by atoms with Crippen LogP contribution in [-0.4, -0.2) is 5.54 Å². The van der Waals surface area contributed by atoms with Crippen molar-refractivity contribution in [3.05, 3.63) is 0 Å². The molecule has 4 fully saturated rings. The van der Waals surface area contributed by atoms with Crippen molar-refractivity contribution < 1.29 is 0 Å². The summed E-state index contributed by atoms with van der Waals surface area (Å²) < 4.78 is 0. The maximum Gasteiger partial charge on any atom is 0.0162 e. The highest BCUT2D eigenvalue weighted by atomic mass is 14.8. The standard InChI is InChI=1S/C10H17N/c11-10-4-7-1-8(5-10)3-9(2-7)6-10/h7-9H,1-6,11H2/t7-,8-,9?,10?/m1/s1. The molecule has 4 aliphatic carbocycles. The summed E-state index contributed by atoms with van der Waals surface area (Å²) in [6.45, 7) is 0. The van der Waals surface area contributed by atoms with Crippen LogP contribution in [0.5, 0.6) is 0 Å². The Labute approximate surface area is 68.3 Å². The zero-order chi connectivity index (χ0) is 7.47. The Bertz CT molecular complexity index is 150. The van der Waals surface area contributed by atoms with Crippen LogP contribution in [0.1, 0.15) is 38.5 Å². The van der Waals surface area contributed by atoms with Crippen molar-refractivity contribution in [2.45, 2.75) is 44.1 Å². The van der Waals surface area contributed by atoms with Gasteiger partial charge in [-0.15, -0.1) is 0 Å². The molecule has 4 aliphatic rings. The SMILES string of the molecule is NC12CC3C[C@H](C1)C[C@H](C3)C2. The zero-order valence-corrected chi connectivity index (χ0v) is 7.05. The van der Waals surface area contributed by atoms with E-state index in [0.717, 1.165) is 17.8 Å². The van der Waals surface area contributed by atoms with Gasteiger partial charge in [-0.2, -0.15) is 0 Å². The van der Waals surface area contributed by atoms with Gasteiger partial charge in [0.25, 0.3) is 0 Å². The monoisotopic (exact) mass is 151 g/mol. The maximum atomic E-state index is 6.32. The highest BCUT2D eigenvalue weighted by Crippen LogP contribution is 2.54. The van der Waals surface area contributed by atoms with E-state index in [0.29, 0.717) is 5.54 Å². The van der Waals surface area contributed by atoms with Crippen LogP contribution in [0.4, 0.5) is 0 Å². The predicted octanol–water partition coefficient (Wildman–Crippen LogP) is 1.91. The maximum absolute atomic E-state index is 6.32. The Hall–Kier alpha value is -0.0400. The third kappa shape index (κ3) is 0.868. The fourth-order valence-corrected chi connectivity index (χ4v) is 4.18. The molecule has 0 radical (unpaired) electrons. The van der Waals surface area contributed by atoms with Gasteiger partial charge in [-0.25, -0.2) is 0 Å². The lowest BCUT2D eigenvalue weighted by atomic mass is 9.53. The van der Waals surface area contributed by atoms with E-state index >= 15 is 0 Å². The Balaban J connectivity index is 1.94. The number of hydrogen-bond donors (Lipinski definition) is 1. The fraction of sp³-hybridized carbons (Fsp3) is 1.00. The second-order valence-electron chi connectivity index (χ2n) is 5.28. The van der Waals surface area contributed by atoms with Crippen LogP contribution >= 0.6 is 0 Å². The van der Waals surface area contributed by atoms with Crippen molar-refractivity contribution in [3.8, 4) is 0 Å². The second kappa shape index (κ2) is 1.82. The lowest BCUT2D eigenvalue weighted by molar-refractivity contribution is 0.000365. The van der Waals surface area contributed by atoms with Crippen LogP contribution in [0, 0.1) is 17.8 Å². The van der Waals surface area contributed by atoms with Gasteiger partial charge in [0.1, 0.15) is 0 Å². The lowest BCUT2D eigenvalue weighted by Crippen LogP contribution is -2.55. The average molecular weight is 151 g/mol. The molecular weight excluding hydrogens is 134 g/mol. The minimum atomic E-state index is 0.300. The average Bonchev–Trinajstić information content (AvgIpc) is 1.79. The molecule has 1 heteroatoms. The van der Waals surface area contributed by atoms with Crippen LogP contribution in [0.25, 0.3) is 0 Å². The van der Waals surface area contributed by atoms with Gasteiger partial charge in [0.2, 0.25) is 0 Å². The molecule has 0 aromatic heterocycles. The van der Waals surface area contributed by atoms with Crippen molar-refractivity contribution in [1.29, 1.82) is 0 Å². The van der Waals surface area contributed by atoms with E-state index in [9.17, 15) is 0 Å². The molecular formula is C10H17N. The minimum absolute atomic E-state index is 0.300. The lowest BCUT2D eigenvalue weighted by Gasteiger charge is -2.55. The third-order valence-corrected chi connectivity index (χ3v) is 4.09. The van der Waals surface area contributed by atoms with E-state index in [1.807, 2.05) is 0 Å². The Morgan fingerprint density at radius 1 is 0.818 bits per heavy atom. The highest BCUT2D eigenvalue weighted by molar-refractivity contribution is 5.04. The van der Waals surface area contributed by atoms with Gasteiger partial charge in [-0.05, 0) is 56.3 Å². The van der Waals surface area contributed by atoms with E-state index in [1.54, 1.807) is 0 Å². The van der Waals surface area contributed by atoms with Gasteiger partial charge < -0.3 is 5.73 Å². The molecule has 1 nitrogen and oxygen atoms in total. The Kier molecular flexibility index (Phi) is 1.07. The van der Waals surface area contributed by atoms with E-state index < -0.39 is 0 Å². The van der Waals surface area contributed by atoms with Gasteiger partial charge in [0, 0.05) is 5.54 Å². The van der Waals surface area contributed by atoms with E-state index in [2.05, 4.69) is 0 Å². The molecule has 0 heterocycles. The number of hydrogen-bond acceptors (Lipinski definition) is 1. The van der Waals surface area contributed by atoms with Gasteiger partial charge in [0.15, 0.2) is 0 Å². The molecule has 0 aromatic carbocycles. The molecule has 0 aliphatic heterocycles. The summed E-state index contributed by atoms with van der Waals surface area (Å²) in [6.07, 6.45) is 8.57. The van der Waals surface area contributed by atoms with Crippen molar-refractivity contribution in [1.82, 2.24) is 0 Å².